The third-order valence-corrected chi connectivity index (χ3v) is 3.69. The highest BCUT2D eigenvalue weighted by molar-refractivity contribution is 7.99. The molecule has 0 aliphatic carbocycles. The van der Waals surface area contributed by atoms with Gasteiger partial charge in [-0.25, -0.2) is 4.39 Å². The standard InChI is InChI=1S/C16H13FN2OS/c17-13-2-1-3-15(10-13)21-9-8-16(20)19-14-6-4-12(11-18)5-7-14/h1-7,10H,8-9H2,(H,19,20). The minimum Gasteiger partial charge on any atom is -0.326 e. The molecule has 3 nitrogen and oxygen atoms in total. The summed E-state index contributed by atoms with van der Waals surface area (Å²) in [7, 11) is 0. The lowest BCUT2D eigenvalue weighted by atomic mass is 10.2. The molecule has 5 heteroatoms. The predicted octanol–water partition coefficient (Wildman–Crippen LogP) is 3.82. The Kier molecular flexibility index (Phi) is 5.35. The minimum atomic E-state index is -0.276. The number of carbonyl (C=O) groups is 1. The molecule has 2 aromatic carbocycles. The first kappa shape index (κ1) is 15.1. The Morgan fingerprint density at radius 1 is 1.24 bits per heavy atom. The van der Waals surface area contributed by atoms with Crippen LogP contribution < -0.4 is 5.32 Å². The third kappa shape index (κ3) is 4.93. The molecule has 0 atom stereocenters. The van der Waals surface area contributed by atoms with E-state index in [-0.39, 0.29) is 11.7 Å². The van der Waals surface area contributed by atoms with Crippen LogP contribution in [0.1, 0.15) is 12.0 Å². The molecule has 106 valence electrons. The fourth-order valence-corrected chi connectivity index (χ4v) is 2.56. The number of halogens is 1. The second kappa shape index (κ2) is 7.46. The van der Waals surface area contributed by atoms with E-state index in [1.165, 1.54) is 23.9 Å². The van der Waals surface area contributed by atoms with Gasteiger partial charge in [-0.2, -0.15) is 5.26 Å². The van der Waals surface area contributed by atoms with Gasteiger partial charge in [-0.3, -0.25) is 4.79 Å². The molecular weight excluding hydrogens is 287 g/mol. The Balaban J connectivity index is 1.78. The van der Waals surface area contributed by atoms with Crippen molar-refractivity contribution in [2.24, 2.45) is 0 Å². The van der Waals surface area contributed by atoms with Crippen LogP contribution in [0.15, 0.2) is 53.4 Å². The lowest BCUT2D eigenvalue weighted by molar-refractivity contribution is -0.115. The lowest BCUT2D eigenvalue weighted by Crippen LogP contribution is -2.12. The summed E-state index contributed by atoms with van der Waals surface area (Å²) in [5.74, 6) is 0.191. The third-order valence-electron chi connectivity index (χ3n) is 2.69. The second-order valence-corrected chi connectivity index (χ2v) is 5.46. The molecular formula is C16H13FN2OS. The van der Waals surface area contributed by atoms with E-state index < -0.39 is 0 Å². The molecule has 1 amide bonds. The first-order chi connectivity index (χ1) is 10.2. The van der Waals surface area contributed by atoms with Gasteiger partial charge in [0.2, 0.25) is 5.91 Å². The van der Waals surface area contributed by atoms with Crippen LogP contribution in [0.4, 0.5) is 10.1 Å². The SMILES string of the molecule is N#Cc1ccc(NC(=O)CCSc2cccc(F)c2)cc1. The van der Waals surface area contributed by atoms with Gasteiger partial charge in [0, 0.05) is 22.8 Å². The number of carbonyl (C=O) groups excluding carboxylic acids is 1. The van der Waals surface area contributed by atoms with Gasteiger partial charge in [-0.05, 0) is 42.5 Å². The van der Waals surface area contributed by atoms with E-state index in [9.17, 15) is 9.18 Å². The van der Waals surface area contributed by atoms with Crippen LogP contribution in [0.25, 0.3) is 0 Å². The summed E-state index contributed by atoms with van der Waals surface area (Å²) in [6.45, 7) is 0. The minimum absolute atomic E-state index is 0.108. The zero-order chi connectivity index (χ0) is 15.1. The molecule has 0 unspecified atom stereocenters. The van der Waals surface area contributed by atoms with E-state index in [4.69, 9.17) is 5.26 Å². The predicted molar refractivity (Wildman–Crippen MR) is 81.5 cm³/mol. The van der Waals surface area contributed by atoms with Crippen molar-refractivity contribution in [3.8, 4) is 6.07 Å². The Hall–Kier alpha value is -2.32. The highest BCUT2D eigenvalue weighted by atomic mass is 32.2. The Morgan fingerprint density at radius 3 is 2.67 bits per heavy atom. The number of thioether (sulfide) groups is 1. The lowest BCUT2D eigenvalue weighted by Gasteiger charge is -2.05. The van der Waals surface area contributed by atoms with Gasteiger partial charge in [0.15, 0.2) is 0 Å². The van der Waals surface area contributed by atoms with Crippen LogP contribution in [-0.4, -0.2) is 11.7 Å². The number of hydrogen-bond donors (Lipinski definition) is 1. The molecule has 0 aromatic heterocycles. The van der Waals surface area contributed by atoms with Crippen LogP contribution in [0, 0.1) is 17.1 Å². The maximum atomic E-state index is 13.0. The summed E-state index contributed by atoms with van der Waals surface area (Å²) < 4.78 is 13.0. The molecule has 0 heterocycles. The van der Waals surface area contributed by atoms with Gasteiger partial charge in [0.05, 0.1) is 11.6 Å². The van der Waals surface area contributed by atoms with Crippen LogP contribution in [0.2, 0.25) is 0 Å². The molecule has 0 aliphatic heterocycles. The first-order valence-corrected chi connectivity index (χ1v) is 7.34. The average Bonchev–Trinajstić information content (AvgIpc) is 2.48. The molecule has 2 rings (SSSR count). The summed E-state index contributed by atoms with van der Waals surface area (Å²) in [4.78, 5) is 12.6. The van der Waals surface area contributed by atoms with Crippen molar-refractivity contribution in [3.05, 3.63) is 59.9 Å². The largest absolute Gasteiger partial charge is 0.326 e. The van der Waals surface area contributed by atoms with Gasteiger partial charge in [0.25, 0.3) is 0 Å². The number of amides is 1. The first-order valence-electron chi connectivity index (χ1n) is 6.36. The molecule has 0 fully saturated rings. The van der Waals surface area contributed by atoms with Crippen molar-refractivity contribution in [2.45, 2.75) is 11.3 Å². The zero-order valence-electron chi connectivity index (χ0n) is 11.2. The molecule has 2 aromatic rings. The fourth-order valence-electron chi connectivity index (χ4n) is 1.67. The van der Waals surface area contributed by atoms with Crippen LogP contribution in [0.3, 0.4) is 0 Å². The second-order valence-electron chi connectivity index (χ2n) is 4.29. The molecule has 0 spiro atoms. The fraction of sp³-hybridized carbons (Fsp3) is 0.125. The number of anilines is 1. The maximum Gasteiger partial charge on any atom is 0.225 e. The van der Waals surface area contributed by atoms with Gasteiger partial charge in [-0.1, -0.05) is 6.07 Å². The number of nitrogens with zero attached hydrogens (tertiary/aromatic N) is 1. The maximum absolute atomic E-state index is 13.0. The Labute approximate surface area is 126 Å². The van der Waals surface area contributed by atoms with E-state index in [1.54, 1.807) is 30.3 Å². The highest BCUT2D eigenvalue weighted by Crippen LogP contribution is 2.19. The van der Waals surface area contributed by atoms with E-state index in [0.29, 0.717) is 23.4 Å². The summed E-state index contributed by atoms with van der Waals surface area (Å²) in [5.41, 5.74) is 1.21. The molecule has 0 saturated heterocycles. The molecule has 21 heavy (non-hydrogen) atoms. The summed E-state index contributed by atoms with van der Waals surface area (Å²) >= 11 is 1.44. The number of benzene rings is 2. The van der Waals surface area contributed by atoms with Crippen molar-refractivity contribution >= 4 is 23.4 Å². The highest BCUT2D eigenvalue weighted by Gasteiger charge is 2.03. The quantitative estimate of drug-likeness (QED) is 0.854. The van der Waals surface area contributed by atoms with Crippen molar-refractivity contribution in [1.82, 2.24) is 0 Å². The van der Waals surface area contributed by atoms with Gasteiger partial charge in [-0.15, -0.1) is 11.8 Å². The van der Waals surface area contributed by atoms with Crippen molar-refractivity contribution < 1.29 is 9.18 Å². The number of nitrogens with one attached hydrogen (secondary N) is 1. The summed E-state index contributed by atoms with van der Waals surface area (Å²) in [6, 6.07) is 15.0. The van der Waals surface area contributed by atoms with Crippen molar-refractivity contribution in [2.75, 3.05) is 11.1 Å². The van der Waals surface area contributed by atoms with Crippen LogP contribution in [0.5, 0.6) is 0 Å². The van der Waals surface area contributed by atoms with Crippen molar-refractivity contribution in [1.29, 1.82) is 5.26 Å². The van der Waals surface area contributed by atoms with E-state index in [2.05, 4.69) is 5.32 Å². The molecule has 0 aliphatic rings. The van der Waals surface area contributed by atoms with Crippen molar-refractivity contribution in [3.63, 3.8) is 0 Å². The molecule has 0 radical (unpaired) electrons. The topological polar surface area (TPSA) is 52.9 Å². The Bertz CT molecular complexity index is 665. The van der Waals surface area contributed by atoms with Gasteiger partial charge in [0.1, 0.15) is 5.82 Å². The average molecular weight is 300 g/mol. The number of rotatable bonds is 5. The van der Waals surface area contributed by atoms with E-state index in [1.807, 2.05) is 12.1 Å². The molecule has 0 saturated carbocycles. The van der Waals surface area contributed by atoms with Gasteiger partial charge >= 0.3 is 0 Å². The smallest absolute Gasteiger partial charge is 0.225 e. The van der Waals surface area contributed by atoms with Crippen LogP contribution in [-0.2, 0) is 4.79 Å². The monoisotopic (exact) mass is 300 g/mol. The normalized spacial score (nSPS) is 9.90. The van der Waals surface area contributed by atoms with Gasteiger partial charge < -0.3 is 5.32 Å². The Morgan fingerprint density at radius 2 is 2.00 bits per heavy atom. The molecule has 1 N–H and O–H groups in total. The summed E-state index contributed by atoms with van der Waals surface area (Å²) in [5, 5.41) is 11.4. The van der Waals surface area contributed by atoms with Crippen LogP contribution >= 0.6 is 11.8 Å². The zero-order valence-corrected chi connectivity index (χ0v) is 12.0. The molecule has 0 bridgehead atoms. The summed E-state index contributed by atoms with van der Waals surface area (Å²) in [6.07, 6.45) is 0.335. The van der Waals surface area contributed by atoms with E-state index in [0.717, 1.165) is 4.90 Å². The van der Waals surface area contributed by atoms with E-state index >= 15 is 0 Å². The number of hydrogen-bond acceptors (Lipinski definition) is 3. The number of nitriles is 1.